The molecule has 0 atom stereocenters. The van der Waals surface area contributed by atoms with Crippen molar-refractivity contribution >= 4 is 27.5 Å². The van der Waals surface area contributed by atoms with E-state index in [1.807, 2.05) is 19.9 Å². The van der Waals surface area contributed by atoms with E-state index in [-0.39, 0.29) is 12.5 Å². The van der Waals surface area contributed by atoms with Crippen molar-refractivity contribution in [2.24, 2.45) is 0 Å². The van der Waals surface area contributed by atoms with Crippen molar-refractivity contribution in [3.63, 3.8) is 0 Å². The monoisotopic (exact) mass is 272 g/mol. The van der Waals surface area contributed by atoms with Gasteiger partial charge in [-0.3, -0.25) is 4.79 Å². The second-order valence-electron chi connectivity index (χ2n) is 3.04. The number of aromatic nitrogens is 1. The minimum atomic E-state index is -0.176. The minimum absolute atomic E-state index is 0.0664. The van der Waals surface area contributed by atoms with Crippen LogP contribution in [0, 0.1) is 6.92 Å². The molecule has 0 saturated carbocycles. The van der Waals surface area contributed by atoms with Crippen LogP contribution in [0.5, 0.6) is 0 Å². The average Bonchev–Trinajstić information content (AvgIpc) is 2.20. The normalized spacial score (nSPS) is 10.1. The topological polar surface area (TPSA) is 51.2 Å². The fourth-order valence-electron chi connectivity index (χ4n) is 1.02. The van der Waals surface area contributed by atoms with Crippen molar-refractivity contribution in [3.8, 4) is 0 Å². The molecule has 0 bridgehead atoms. The first kappa shape index (κ1) is 12.1. The molecule has 0 aromatic carbocycles. The van der Waals surface area contributed by atoms with E-state index < -0.39 is 0 Å². The third-order valence-corrected chi connectivity index (χ3v) is 2.32. The lowest BCUT2D eigenvalue weighted by molar-refractivity contribution is -0.120. The third-order valence-electron chi connectivity index (χ3n) is 1.69. The molecule has 0 radical (unpaired) electrons. The number of rotatable bonds is 4. The number of carbonyl (C=O) groups is 1. The Morgan fingerprint density at radius 3 is 3.07 bits per heavy atom. The van der Waals surface area contributed by atoms with E-state index in [9.17, 15) is 4.79 Å². The molecule has 1 rings (SSSR count). The molecule has 0 fully saturated rings. The number of nitrogens with zero attached hydrogens (tertiary/aromatic N) is 1. The van der Waals surface area contributed by atoms with Crippen LogP contribution in [-0.4, -0.2) is 24.1 Å². The van der Waals surface area contributed by atoms with Crippen molar-refractivity contribution in [1.29, 1.82) is 0 Å². The van der Waals surface area contributed by atoms with Gasteiger partial charge in [0.25, 0.3) is 0 Å². The van der Waals surface area contributed by atoms with E-state index >= 15 is 0 Å². The van der Waals surface area contributed by atoms with Crippen LogP contribution >= 0.6 is 15.9 Å². The SMILES string of the molecule is CCOCC(=O)Nc1cc(C)cnc1Br. The highest BCUT2D eigenvalue weighted by atomic mass is 79.9. The van der Waals surface area contributed by atoms with Gasteiger partial charge in [0.15, 0.2) is 0 Å². The quantitative estimate of drug-likeness (QED) is 0.855. The fraction of sp³-hybridized carbons (Fsp3) is 0.400. The molecule has 4 nitrogen and oxygen atoms in total. The van der Waals surface area contributed by atoms with Crippen LogP contribution in [0.2, 0.25) is 0 Å². The molecule has 1 aromatic heterocycles. The number of pyridine rings is 1. The highest BCUT2D eigenvalue weighted by Crippen LogP contribution is 2.20. The standard InChI is InChI=1S/C10H13BrN2O2/c1-3-15-6-9(14)13-8-4-7(2)5-12-10(8)11/h4-5H,3,6H2,1-2H3,(H,13,14). The van der Waals surface area contributed by atoms with Gasteiger partial charge in [-0.25, -0.2) is 4.98 Å². The summed E-state index contributed by atoms with van der Waals surface area (Å²) in [5.74, 6) is -0.176. The van der Waals surface area contributed by atoms with E-state index in [2.05, 4.69) is 26.2 Å². The van der Waals surface area contributed by atoms with Gasteiger partial charge in [0.2, 0.25) is 5.91 Å². The van der Waals surface area contributed by atoms with Crippen LogP contribution in [0.3, 0.4) is 0 Å². The second kappa shape index (κ2) is 5.82. The molecule has 0 aliphatic rings. The van der Waals surface area contributed by atoms with E-state index in [4.69, 9.17) is 4.74 Å². The largest absolute Gasteiger partial charge is 0.372 e. The van der Waals surface area contributed by atoms with Gasteiger partial charge in [0.1, 0.15) is 11.2 Å². The van der Waals surface area contributed by atoms with Crippen LogP contribution in [0.1, 0.15) is 12.5 Å². The zero-order valence-corrected chi connectivity index (χ0v) is 10.3. The fourth-order valence-corrected chi connectivity index (χ4v) is 1.34. The molecule has 1 amide bonds. The van der Waals surface area contributed by atoms with Crippen molar-refractivity contribution in [3.05, 3.63) is 22.4 Å². The van der Waals surface area contributed by atoms with Crippen molar-refractivity contribution < 1.29 is 9.53 Å². The van der Waals surface area contributed by atoms with Gasteiger partial charge in [-0.1, -0.05) is 0 Å². The maximum Gasteiger partial charge on any atom is 0.250 e. The molecule has 1 N–H and O–H groups in total. The first-order valence-electron chi connectivity index (χ1n) is 4.63. The minimum Gasteiger partial charge on any atom is -0.372 e. The summed E-state index contributed by atoms with van der Waals surface area (Å²) >= 11 is 3.26. The number of hydrogen-bond acceptors (Lipinski definition) is 3. The summed E-state index contributed by atoms with van der Waals surface area (Å²) in [6, 6.07) is 1.85. The molecule has 1 heterocycles. The number of halogens is 1. The lowest BCUT2D eigenvalue weighted by Crippen LogP contribution is -2.18. The number of amides is 1. The summed E-state index contributed by atoms with van der Waals surface area (Å²) in [6.45, 7) is 4.35. The lowest BCUT2D eigenvalue weighted by atomic mass is 10.3. The van der Waals surface area contributed by atoms with E-state index in [1.165, 1.54) is 0 Å². The number of hydrogen-bond donors (Lipinski definition) is 1. The maximum atomic E-state index is 11.4. The first-order chi connectivity index (χ1) is 7.13. The number of ether oxygens (including phenoxy) is 1. The van der Waals surface area contributed by atoms with Gasteiger partial charge in [0, 0.05) is 12.8 Å². The first-order valence-corrected chi connectivity index (χ1v) is 5.42. The molecule has 1 aromatic rings. The zero-order chi connectivity index (χ0) is 11.3. The Balaban J connectivity index is 2.63. The van der Waals surface area contributed by atoms with E-state index in [0.29, 0.717) is 16.9 Å². The van der Waals surface area contributed by atoms with Crippen LogP contribution in [0.4, 0.5) is 5.69 Å². The molecule has 82 valence electrons. The molecule has 5 heteroatoms. The highest BCUT2D eigenvalue weighted by molar-refractivity contribution is 9.10. The molecule has 0 unspecified atom stereocenters. The lowest BCUT2D eigenvalue weighted by Gasteiger charge is -2.07. The summed E-state index contributed by atoms with van der Waals surface area (Å²) < 4.78 is 5.61. The summed E-state index contributed by atoms with van der Waals surface area (Å²) in [5.41, 5.74) is 1.66. The van der Waals surface area contributed by atoms with E-state index in [0.717, 1.165) is 5.56 Å². The Morgan fingerprint density at radius 2 is 2.40 bits per heavy atom. The molecular weight excluding hydrogens is 260 g/mol. The molecule has 0 aliphatic carbocycles. The number of anilines is 1. The summed E-state index contributed by atoms with van der Waals surface area (Å²) in [4.78, 5) is 15.4. The average molecular weight is 273 g/mol. The van der Waals surface area contributed by atoms with Crippen molar-refractivity contribution in [1.82, 2.24) is 4.98 Å². The van der Waals surface area contributed by atoms with Gasteiger partial charge in [-0.05, 0) is 41.4 Å². The zero-order valence-electron chi connectivity index (χ0n) is 8.71. The highest BCUT2D eigenvalue weighted by Gasteiger charge is 2.06. The van der Waals surface area contributed by atoms with Crippen LogP contribution in [0.15, 0.2) is 16.9 Å². The van der Waals surface area contributed by atoms with Gasteiger partial charge >= 0.3 is 0 Å². The summed E-state index contributed by atoms with van der Waals surface area (Å²) in [7, 11) is 0. The molecule has 0 saturated heterocycles. The molecule has 15 heavy (non-hydrogen) atoms. The predicted molar refractivity (Wildman–Crippen MR) is 61.8 cm³/mol. The Morgan fingerprint density at radius 1 is 1.67 bits per heavy atom. The Labute approximate surface area is 97.2 Å². The van der Waals surface area contributed by atoms with Crippen molar-refractivity contribution in [2.75, 3.05) is 18.5 Å². The summed E-state index contributed by atoms with van der Waals surface area (Å²) in [5, 5.41) is 2.71. The Bertz CT molecular complexity index is 355. The summed E-state index contributed by atoms with van der Waals surface area (Å²) in [6.07, 6.45) is 1.72. The van der Waals surface area contributed by atoms with Gasteiger partial charge in [-0.2, -0.15) is 0 Å². The maximum absolute atomic E-state index is 11.4. The van der Waals surface area contributed by atoms with Gasteiger partial charge in [0.05, 0.1) is 5.69 Å². The Kier molecular flexibility index (Phi) is 4.71. The third kappa shape index (κ3) is 3.97. The molecule has 0 aliphatic heterocycles. The van der Waals surface area contributed by atoms with Crippen LogP contribution in [0.25, 0.3) is 0 Å². The van der Waals surface area contributed by atoms with Gasteiger partial charge < -0.3 is 10.1 Å². The number of carbonyl (C=O) groups excluding carboxylic acids is 1. The number of aryl methyl sites for hydroxylation is 1. The molecular formula is C10H13BrN2O2. The Hall–Kier alpha value is -0.940. The second-order valence-corrected chi connectivity index (χ2v) is 3.79. The van der Waals surface area contributed by atoms with Crippen molar-refractivity contribution in [2.45, 2.75) is 13.8 Å². The van der Waals surface area contributed by atoms with Crippen LogP contribution < -0.4 is 5.32 Å². The predicted octanol–water partition coefficient (Wildman–Crippen LogP) is 2.13. The van der Waals surface area contributed by atoms with Crippen LogP contribution in [-0.2, 0) is 9.53 Å². The molecule has 0 spiro atoms. The van der Waals surface area contributed by atoms with Gasteiger partial charge in [-0.15, -0.1) is 0 Å². The van der Waals surface area contributed by atoms with E-state index in [1.54, 1.807) is 6.20 Å². The number of nitrogens with one attached hydrogen (secondary N) is 1. The smallest absolute Gasteiger partial charge is 0.250 e.